The van der Waals surface area contributed by atoms with E-state index in [2.05, 4.69) is 0 Å². The highest BCUT2D eigenvalue weighted by Gasteiger charge is 2.27. The zero-order valence-corrected chi connectivity index (χ0v) is 7.35. The fourth-order valence-corrected chi connectivity index (χ4v) is 1.87. The summed E-state index contributed by atoms with van der Waals surface area (Å²) in [6, 6.07) is 2.52. The van der Waals surface area contributed by atoms with E-state index in [1.54, 1.807) is 0 Å². The molecular weight excluding hydrogens is 172 g/mol. The van der Waals surface area contributed by atoms with Crippen LogP contribution in [0.15, 0.2) is 12.1 Å². The van der Waals surface area contributed by atoms with Gasteiger partial charge in [0.15, 0.2) is 11.6 Å². The van der Waals surface area contributed by atoms with Gasteiger partial charge in [-0.25, -0.2) is 8.78 Å². The summed E-state index contributed by atoms with van der Waals surface area (Å²) in [5.41, 5.74) is 7.48. The number of nitrogens with two attached hydrogens (primary N) is 1. The maximum atomic E-state index is 12.9. The Morgan fingerprint density at radius 1 is 1.31 bits per heavy atom. The Morgan fingerprint density at radius 2 is 1.92 bits per heavy atom. The molecule has 0 spiro atoms. The predicted octanol–water partition coefficient (Wildman–Crippen LogP) is 1.95. The molecule has 2 rings (SSSR count). The first-order valence-electron chi connectivity index (χ1n) is 4.33. The second-order valence-electron chi connectivity index (χ2n) is 3.62. The van der Waals surface area contributed by atoms with Gasteiger partial charge in [0.05, 0.1) is 0 Å². The molecule has 0 radical (unpaired) electrons. The van der Waals surface area contributed by atoms with Crippen molar-refractivity contribution in [3.05, 3.63) is 34.9 Å². The van der Waals surface area contributed by atoms with E-state index in [1.807, 2.05) is 6.92 Å². The Hall–Kier alpha value is -0.960. The minimum atomic E-state index is -0.778. The van der Waals surface area contributed by atoms with E-state index >= 15 is 0 Å². The second-order valence-corrected chi connectivity index (χ2v) is 3.62. The summed E-state index contributed by atoms with van der Waals surface area (Å²) in [6.45, 7) is 1.94. The monoisotopic (exact) mass is 183 g/mol. The van der Waals surface area contributed by atoms with Crippen LogP contribution in [0.5, 0.6) is 0 Å². The van der Waals surface area contributed by atoms with Crippen LogP contribution in [0.4, 0.5) is 8.78 Å². The maximum Gasteiger partial charge on any atom is 0.159 e. The van der Waals surface area contributed by atoms with Crippen molar-refractivity contribution in [2.45, 2.75) is 25.3 Å². The van der Waals surface area contributed by atoms with Crippen molar-refractivity contribution in [2.24, 2.45) is 5.73 Å². The molecule has 0 saturated carbocycles. The van der Waals surface area contributed by atoms with Crippen LogP contribution in [0, 0.1) is 11.6 Å². The molecule has 1 nitrogen and oxygen atoms in total. The highest BCUT2D eigenvalue weighted by molar-refractivity contribution is 5.38. The van der Waals surface area contributed by atoms with E-state index in [0.717, 1.165) is 11.1 Å². The number of hydrogen-bond donors (Lipinski definition) is 1. The fraction of sp³-hybridized carbons (Fsp3) is 0.400. The summed E-state index contributed by atoms with van der Waals surface area (Å²) < 4.78 is 25.7. The van der Waals surface area contributed by atoms with E-state index in [-0.39, 0.29) is 12.0 Å². The van der Waals surface area contributed by atoms with Crippen molar-refractivity contribution < 1.29 is 8.78 Å². The zero-order valence-electron chi connectivity index (χ0n) is 7.35. The SMILES string of the molecule is CC1c2cc(F)c(F)cc2CC1N. The first-order chi connectivity index (χ1) is 6.09. The second kappa shape index (κ2) is 2.77. The molecule has 1 aromatic carbocycles. The van der Waals surface area contributed by atoms with Gasteiger partial charge in [-0.2, -0.15) is 0 Å². The minimum Gasteiger partial charge on any atom is -0.327 e. The Balaban J connectivity index is 2.53. The molecule has 1 aliphatic rings. The van der Waals surface area contributed by atoms with E-state index in [4.69, 9.17) is 5.73 Å². The zero-order chi connectivity index (χ0) is 9.59. The van der Waals surface area contributed by atoms with Crippen molar-refractivity contribution >= 4 is 0 Å². The molecular formula is C10H11F2N. The third-order valence-corrected chi connectivity index (χ3v) is 2.77. The first-order valence-corrected chi connectivity index (χ1v) is 4.33. The molecule has 0 bridgehead atoms. The van der Waals surface area contributed by atoms with Gasteiger partial charge in [0.2, 0.25) is 0 Å². The molecule has 3 heteroatoms. The summed E-state index contributed by atoms with van der Waals surface area (Å²) in [6.07, 6.45) is 0.647. The molecule has 13 heavy (non-hydrogen) atoms. The van der Waals surface area contributed by atoms with E-state index < -0.39 is 11.6 Å². The van der Waals surface area contributed by atoms with Gasteiger partial charge in [0, 0.05) is 6.04 Å². The summed E-state index contributed by atoms with van der Waals surface area (Å²) in [7, 11) is 0. The quantitative estimate of drug-likeness (QED) is 0.653. The summed E-state index contributed by atoms with van der Waals surface area (Å²) in [5, 5.41) is 0. The molecule has 0 saturated heterocycles. The Bertz CT molecular complexity index is 349. The Kier molecular flexibility index (Phi) is 1.84. The smallest absolute Gasteiger partial charge is 0.159 e. The van der Waals surface area contributed by atoms with Crippen LogP contribution >= 0.6 is 0 Å². The van der Waals surface area contributed by atoms with Crippen molar-refractivity contribution in [1.29, 1.82) is 0 Å². The van der Waals surface area contributed by atoms with Crippen molar-refractivity contribution in [3.8, 4) is 0 Å². The van der Waals surface area contributed by atoms with Crippen LogP contribution < -0.4 is 5.73 Å². The van der Waals surface area contributed by atoms with Gasteiger partial charge in [-0.05, 0) is 35.6 Å². The van der Waals surface area contributed by atoms with E-state index in [1.165, 1.54) is 12.1 Å². The molecule has 0 fully saturated rings. The van der Waals surface area contributed by atoms with Crippen LogP contribution in [0.25, 0.3) is 0 Å². The number of halogens is 2. The molecule has 0 aliphatic heterocycles. The van der Waals surface area contributed by atoms with Crippen molar-refractivity contribution in [1.82, 2.24) is 0 Å². The van der Waals surface area contributed by atoms with Crippen LogP contribution in [-0.4, -0.2) is 6.04 Å². The summed E-state index contributed by atoms with van der Waals surface area (Å²) in [5.74, 6) is -1.43. The average Bonchev–Trinajstić information content (AvgIpc) is 2.32. The molecule has 2 atom stereocenters. The number of fused-ring (bicyclic) bond motifs is 1. The first kappa shape index (κ1) is 8.63. The highest BCUT2D eigenvalue weighted by Crippen LogP contribution is 2.32. The third kappa shape index (κ3) is 1.23. The molecule has 1 aliphatic carbocycles. The lowest BCUT2D eigenvalue weighted by Gasteiger charge is -2.09. The van der Waals surface area contributed by atoms with E-state index in [9.17, 15) is 8.78 Å². The standard InChI is InChI=1S/C10H11F2N/c1-5-7-4-9(12)8(11)2-6(7)3-10(5)13/h2,4-5,10H,3,13H2,1H3. The third-order valence-electron chi connectivity index (χ3n) is 2.77. The lowest BCUT2D eigenvalue weighted by Crippen LogP contribution is -2.22. The summed E-state index contributed by atoms with van der Waals surface area (Å²) >= 11 is 0. The Morgan fingerprint density at radius 3 is 2.62 bits per heavy atom. The summed E-state index contributed by atoms with van der Waals surface area (Å²) in [4.78, 5) is 0. The van der Waals surface area contributed by atoms with Crippen LogP contribution in [0.2, 0.25) is 0 Å². The Labute approximate surface area is 75.6 Å². The number of rotatable bonds is 0. The molecule has 1 aromatic rings. The van der Waals surface area contributed by atoms with Gasteiger partial charge >= 0.3 is 0 Å². The van der Waals surface area contributed by atoms with Gasteiger partial charge in [-0.1, -0.05) is 6.92 Å². The molecule has 2 N–H and O–H groups in total. The van der Waals surface area contributed by atoms with Crippen LogP contribution in [-0.2, 0) is 6.42 Å². The fourth-order valence-electron chi connectivity index (χ4n) is 1.87. The molecule has 0 aromatic heterocycles. The molecule has 0 amide bonds. The minimum absolute atomic E-state index is 0.00352. The highest BCUT2D eigenvalue weighted by atomic mass is 19.2. The van der Waals surface area contributed by atoms with Gasteiger partial charge in [0.1, 0.15) is 0 Å². The molecule has 70 valence electrons. The van der Waals surface area contributed by atoms with Gasteiger partial charge < -0.3 is 5.73 Å². The van der Waals surface area contributed by atoms with E-state index in [0.29, 0.717) is 6.42 Å². The average molecular weight is 183 g/mol. The normalized spacial score (nSPS) is 26.2. The largest absolute Gasteiger partial charge is 0.327 e. The van der Waals surface area contributed by atoms with Gasteiger partial charge in [-0.15, -0.1) is 0 Å². The van der Waals surface area contributed by atoms with Crippen LogP contribution in [0.1, 0.15) is 24.0 Å². The maximum absolute atomic E-state index is 12.9. The predicted molar refractivity (Wildman–Crippen MR) is 46.5 cm³/mol. The molecule has 2 unspecified atom stereocenters. The topological polar surface area (TPSA) is 26.0 Å². The van der Waals surface area contributed by atoms with Gasteiger partial charge in [-0.3, -0.25) is 0 Å². The van der Waals surface area contributed by atoms with Crippen molar-refractivity contribution in [3.63, 3.8) is 0 Å². The number of benzene rings is 1. The lowest BCUT2D eigenvalue weighted by atomic mass is 10.0. The molecule has 0 heterocycles. The number of hydrogen-bond acceptors (Lipinski definition) is 1. The lowest BCUT2D eigenvalue weighted by molar-refractivity contribution is 0.506. The van der Waals surface area contributed by atoms with Gasteiger partial charge in [0.25, 0.3) is 0 Å². The van der Waals surface area contributed by atoms with Crippen molar-refractivity contribution in [2.75, 3.05) is 0 Å². The van der Waals surface area contributed by atoms with Crippen LogP contribution in [0.3, 0.4) is 0 Å².